The highest BCUT2D eigenvalue weighted by Gasteiger charge is 2.33. The molecule has 0 radical (unpaired) electrons. The van der Waals surface area contributed by atoms with Crippen LogP contribution in [0, 0.1) is 5.41 Å². The van der Waals surface area contributed by atoms with Crippen LogP contribution in [-0.4, -0.2) is 48.2 Å². The van der Waals surface area contributed by atoms with Crippen molar-refractivity contribution in [3.05, 3.63) is 29.8 Å². The molecule has 3 N–H and O–H groups in total. The first-order chi connectivity index (χ1) is 13.4. The van der Waals surface area contributed by atoms with Crippen molar-refractivity contribution in [2.24, 2.45) is 10.4 Å². The summed E-state index contributed by atoms with van der Waals surface area (Å²) in [5.41, 5.74) is 1.28. The molecule has 1 aromatic rings. The van der Waals surface area contributed by atoms with Crippen LogP contribution in [0.4, 0.5) is 0 Å². The van der Waals surface area contributed by atoms with E-state index < -0.39 is 10.0 Å². The number of rotatable bonds is 10. The van der Waals surface area contributed by atoms with Crippen molar-refractivity contribution < 1.29 is 13.2 Å². The third-order valence-corrected chi connectivity index (χ3v) is 6.89. The number of aliphatic imine (C=N–C) groups is 1. The third kappa shape index (κ3) is 8.03. The lowest BCUT2D eigenvalue weighted by Gasteiger charge is -2.30. The van der Waals surface area contributed by atoms with Crippen LogP contribution in [0.15, 0.2) is 34.2 Å². The van der Waals surface area contributed by atoms with Gasteiger partial charge < -0.3 is 15.4 Å². The molecule has 0 amide bonds. The van der Waals surface area contributed by atoms with Gasteiger partial charge in [-0.05, 0) is 56.3 Å². The Morgan fingerprint density at radius 1 is 1.17 bits per heavy atom. The molecule has 1 fully saturated rings. The fourth-order valence-corrected chi connectivity index (χ4v) is 4.39. The third-order valence-electron chi connectivity index (χ3n) is 5.46. The number of hydrogen-bond donors (Lipinski definition) is 3. The van der Waals surface area contributed by atoms with Crippen molar-refractivity contribution >= 4 is 40.0 Å². The highest BCUT2D eigenvalue weighted by molar-refractivity contribution is 14.0. The van der Waals surface area contributed by atoms with Gasteiger partial charge in [-0.3, -0.25) is 4.99 Å². The van der Waals surface area contributed by atoms with E-state index in [-0.39, 0.29) is 34.3 Å². The van der Waals surface area contributed by atoms with E-state index in [0.29, 0.717) is 6.54 Å². The maximum absolute atomic E-state index is 11.8. The molecular weight excluding hydrogens is 503 g/mol. The molecule has 9 heteroatoms. The molecular formula is C20H35IN4O3S. The highest BCUT2D eigenvalue weighted by atomic mass is 127. The van der Waals surface area contributed by atoms with Crippen LogP contribution in [0.2, 0.25) is 0 Å². The Labute approximate surface area is 192 Å². The van der Waals surface area contributed by atoms with Crippen LogP contribution in [0.1, 0.15) is 44.6 Å². The zero-order valence-electron chi connectivity index (χ0n) is 17.7. The van der Waals surface area contributed by atoms with Gasteiger partial charge in [-0.15, -0.1) is 24.0 Å². The topological polar surface area (TPSA) is 91.8 Å². The molecule has 0 heterocycles. The van der Waals surface area contributed by atoms with Crippen molar-refractivity contribution in [2.45, 2.75) is 50.5 Å². The first-order valence-corrected chi connectivity index (χ1v) is 11.5. The summed E-state index contributed by atoms with van der Waals surface area (Å²) in [4.78, 5) is 4.58. The molecule has 166 valence electrons. The molecule has 0 saturated heterocycles. The molecule has 1 aliphatic rings. The number of guanidine groups is 1. The molecule has 1 aromatic carbocycles. The van der Waals surface area contributed by atoms with Gasteiger partial charge in [-0.1, -0.05) is 25.0 Å². The van der Waals surface area contributed by atoms with E-state index in [1.807, 2.05) is 19.1 Å². The Morgan fingerprint density at radius 3 is 2.38 bits per heavy atom. The fraction of sp³-hybridized carbons (Fsp3) is 0.650. The van der Waals surface area contributed by atoms with Crippen LogP contribution in [0.3, 0.4) is 0 Å². The summed E-state index contributed by atoms with van der Waals surface area (Å²) < 4.78 is 31.5. The first kappa shape index (κ1) is 26.1. The van der Waals surface area contributed by atoms with Gasteiger partial charge in [0.25, 0.3) is 0 Å². The molecule has 29 heavy (non-hydrogen) atoms. The van der Waals surface area contributed by atoms with Crippen molar-refractivity contribution in [1.29, 1.82) is 0 Å². The lowest BCUT2D eigenvalue weighted by atomic mass is 9.83. The SMILES string of the molecule is CCOCCC1(CNC(=NC)NCc2ccc(S(=O)(=O)NC)cc2)CCCC1.I. The van der Waals surface area contributed by atoms with E-state index in [1.54, 1.807) is 19.2 Å². The normalized spacial score (nSPS) is 16.3. The summed E-state index contributed by atoms with van der Waals surface area (Å²) >= 11 is 0. The van der Waals surface area contributed by atoms with E-state index >= 15 is 0 Å². The predicted molar refractivity (Wildman–Crippen MR) is 128 cm³/mol. The summed E-state index contributed by atoms with van der Waals surface area (Å²) in [6.07, 6.45) is 6.09. The van der Waals surface area contributed by atoms with Crippen LogP contribution < -0.4 is 15.4 Å². The fourth-order valence-electron chi connectivity index (χ4n) is 3.66. The van der Waals surface area contributed by atoms with Gasteiger partial charge in [0, 0.05) is 33.4 Å². The number of benzene rings is 1. The van der Waals surface area contributed by atoms with Crippen molar-refractivity contribution in [1.82, 2.24) is 15.4 Å². The first-order valence-electron chi connectivity index (χ1n) is 9.99. The number of nitrogens with one attached hydrogen (secondary N) is 3. The molecule has 0 aromatic heterocycles. The molecule has 7 nitrogen and oxygen atoms in total. The minimum Gasteiger partial charge on any atom is -0.382 e. The molecule has 0 spiro atoms. The maximum Gasteiger partial charge on any atom is 0.240 e. The Hall–Kier alpha value is -0.910. The summed E-state index contributed by atoms with van der Waals surface area (Å²) in [6, 6.07) is 6.84. The Morgan fingerprint density at radius 2 is 1.83 bits per heavy atom. The Balaban J connectivity index is 0.00000420. The second-order valence-electron chi connectivity index (χ2n) is 7.28. The number of nitrogens with zero attached hydrogens (tertiary/aromatic N) is 1. The van der Waals surface area contributed by atoms with Gasteiger partial charge in [-0.25, -0.2) is 13.1 Å². The van der Waals surface area contributed by atoms with Crippen molar-refractivity contribution in [2.75, 3.05) is 33.9 Å². The van der Waals surface area contributed by atoms with E-state index in [1.165, 1.54) is 32.7 Å². The average Bonchev–Trinajstić information content (AvgIpc) is 3.17. The second-order valence-corrected chi connectivity index (χ2v) is 9.17. The number of ether oxygens (including phenoxy) is 1. The van der Waals surface area contributed by atoms with Gasteiger partial charge in [-0.2, -0.15) is 0 Å². The zero-order chi connectivity index (χ0) is 20.5. The van der Waals surface area contributed by atoms with Gasteiger partial charge in [0.05, 0.1) is 4.90 Å². The Bertz CT molecular complexity index is 733. The van der Waals surface area contributed by atoms with Crippen LogP contribution in [0.25, 0.3) is 0 Å². The average molecular weight is 538 g/mol. The van der Waals surface area contributed by atoms with Crippen molar-refractivity contribution in [3.8, 4) is 0 Å². The molecule has 2 rings (SSSR count). The van der Waals surface area contributed by atoms with E-state index in [0.717, 1.165) is 37.7 Å². The predicted octanol–water partition coefficient (Wildman–Crippen LogP) is 2.86. The molecule has 0 atom stereocenters. The molecule has 0 unspecified atom stereocenters. The highest BCUT2D eigenvalue weighted by Crippen LogP contribution is 2.40. The minimum absolute atomic E-state index is 0. The second kappa shape index (κ2) is 12.7. The minimum atomic E-state index is -3.40. The molecule has 0 aliphatic heterocycles. The smallest absolute Gasteiger partial charge is 0.240 e. The summed E-state index contributed by atoms with van der Waals surface area (Å²) in [5.74, 6) is 0.759. The quantitative estimate of drug-likeness (QED) is 0.185. The summed E-state index contributed by atoms with van der Waals surface area (Å²) in [5, 5.41) is 6.78. The number of hydrogen-bond acceptors (Lipinski definition) is 4. The summed E-state index contributed by atoms with van der Waals surface area (Å²) in [7, 11) is -0.230. The lowest BCUT2D eigenvalue weighted by molar-refractivity contribution is 0.105. The summed E-state index contributed by atoms with van der Waals surface area (Å²) in [6.45, 7) is 5.07. The molecule has 1 aliphatic carbocycles. The van der Waals surface area contributed by atoms with Gasteiger partial charge in [0.1, 0.15) is 0 Å². The number of sulfonamides is 1. The lowest BCUT2D eigenvalue weighted by Crippen LogP contribution is -2.43. The Kier molecular flexibility index (Phi) is 11.4. The molecule has 0 bridgehead atoms. The van der Waals surface area contributed by atoms with Gasteiger partial charge in [0.2, 0.25) is 10.0 Å². The van der Waals surface area contributed by atoms with E-state index in [9.17, 15) is 8.42 Å². The van der Waals surface area contributed by atoms with Crippen LogP contribution in [0.5, 0.6) is 0 Å². The van der Waals surface area contributed by atoms with Crippen LogP contribution >= 0.6 is 24.0 Å². The van der Waals surface area contributed by atoms with Gasteiger partial charge in [0.15, 0.2) is 5.96 Å². The molecule has 1 saturated carbocycles. The van der Waals surface area contributed by atoms with Crippen LogP contribution in [-0.2, 0) is 21.3 Å². The number of halogens is 1. The monoisotopic (exact) mass is 538 g/mol. The van der Waals surface area contributed by atoms with Crippen molar-refractivity contribution in [3.63, 3.8) is 0 Å². The van der Waals surface area contributed by atoms with E-state index in [2.05, 4.69) is 20.3 Å². The largest absolute Gasteiger partial charge is 0.382 e. The van der Waals surface area contributed by atoms with E-state index in [4.69, 9.17) is 4.74 Å². The maximum atomic E-state index is 11.8. The zero-order valence-corrected chi connectivity index (χ0v) is 20.8. The van der Waals surface area contributed by atoms with Gasteiger partial charge >= 0.3 is 0 Å². The standard InChI is InChI=1S/C20H34N4O3S.HI/c1-4-27-14-13-20(11-5-6-12-20)16-24-19(21-2)23-15-17-7-9-18(10-8-17)28(25,26)22-3;/h7-10,22H,4-6,11-16H2,1-3H3,(H2,21,23,24);1H.